The van der Waals surface area contributed by atoms with Crippen LogP contribution >= 0.6 is 0 Å². The molecule has 1 N–H and O–H groups in total. The van der Waals surface area contributed by atoms with E-state index in [0.29, 0.717) is 11.4 Å². The Morgan fingerprint density at radius 2 is 2.00 bits per heavy atom. The van der Waals surface area contributed by atoms with Crippen LogP contribution in [0.15, 0.2) is 42.5 Å². The van der Waals surface area contributed by atoms with Gasteiger partial charge in [-0.15, -0.1) is 0 Å². The molecule has 0 saturated heterocycles. The summed E-state index contributed by atoms with van der Waals surface area (Å²) >= 11 is 0. The van der Waals surface area contributed by atoms with E-state index in [4.69, 9.17) is 4.74 Å². The van der Waals surface area contributed by atoms with Crippen molar-refractivity contribution in [1.29, 1.82) is 0 Å². The fourth-order valence-corrected chi connectivity index (χ4v) is 3.52. The second kappa shape index (κ2) is 6.24. The Morgan fingerprint density at radius 3 is 2.88 bits per heavy atom. The number of para-hydroxylation sites is 2. The van der Waals surface area contributed by atoms with Crippen LogP contribution in [0.3, 0.4) is 0 Å². The second-order valence-electron chi connectivity index (χ2n) is 6.54. The van der Waals surface area contributed by atoms with Crippen LogP contribution in [0.4, 0.5) is 11.4 Å². The predicted molar refractivity (Wildman–Crippen MR) is 96.0 cm³/mol. The molecule has 1 unspecified atom stereocenters. The van der Waals surface area contributed by atoms with E-state index in [1.807, 2.05) is 30.3 Å². The molecule has 2 aromatic carbocycles. The first kappa shape index (κ1) is 15.7. The molecule has 0 aromatic heterocycles. The third-order valence-electron chi connectivity index (χ3n) is 4.76. The van der Waals surface area contributed by atoms with Crippen LogP contribution in [0.5, 0.6) is 5.75 Å². The Labute approximate surface area is 146 Å². The van der Waals surface area contributed by atoms with Gasteiger partial charge in [-0.2, -0.15) is 0 Å². The van der Waals surface area contributed by atoms with Crippen molar-refractivity contribution in [3.8, 4) is 5.75 Å². The number of nitrogens with zero attached hydrogens (tertiary/aromatic N) is 1. The van der Waals surface area contributed by atoms with E-state index in [1.165, 1.54) is 22.4 Å². The molecule has 1 atom stereocenters. The topological polar surface area (TPSA) is 58.6 Å². The number of benzene rings is 2. The second-order valence-corrected chi connectivity index (χ2v) is 6.54. The number of carbonyl (C=O) groups is 2. The standard InChI is InChI=1S/C20H20N2O3/c1-13-20(24)22(17-7-2-3-8-18(17)25-13)12-19(23)21-16-10-9-14-5-4-6-15(14)11-16/h2-3,7-11,13H,4-6,12H2,1H3,(H,21,23). The number of hydrogen-bond acceptors (Lipinski definition) is 3. The van der Waals surface area contributed by atoms with Crippen LogP contribution in [0.2, 0.25) is 0 Å². The van der Waals surface area contributed by atoms with Crippen molar-refractivity contribution in [3.05, 3.63) is 53.6 Å². The molecule has 2 aliphatic rings. The number of anilines is 2. The normalized spacial score (nSPS) is 18.4. The minimum atomic E-state index is -0.595. The number of amides is 2. The average molecular weight is 336 g/mol. The van der Waals surface area contributed by atoms with Crippen LogP contribution in [0.25, 0.3) is 0 Å². The van der Waals surface area contributed by atoms with Gasteiger partial charge in [0.05, 0.1) is 5.69 Å². The highest BCUT2D eigenvalue weighted by molar-refractivity contribution is 6.06. The molecule has 2 aromatic rings. The Hall–Kier alpha value is -2.82. The summed E-state index contributed by atoms with van der Waals surface area (Å²) in [6.45, 7) is 1.67. The molecule has 0 fully saturated rings. The van der Waals surface area contributed by atoms with E-state index in [2.05, 4.69) is 11.4 Å². The predicted octanol–water partition coefficient (Wildman–Crippen LogP) is 2.93. The molecular weight excluding hydrogens is 316 g/mol. The number of ether oxygens (including phenoxy) is 1. The summed E-state index contributed by atoms with van der Waals surface area (Å²) in [5.74, 6) is 0.206. The fourth-order valence-electron chi connectivity index (χ4n) is 3.52. The Kier molecular flexibility index (Phi) is 3.92. The van der Waals surface area contributed by atoms with Crippen molar-refractivity contribution in [2.24, 2.45) is 0 Å². The van der Waals surface area contributed by atoms with Gasteiger partial charge in [-0.3, -0.25) is 14.5 Å². The van der Waals surface area contributed by atoms with Crippen LogP contribution in [-0.2, 0) is 22.4 Å². The van der Waals surface area contributed by atoms with E-state index in [1.54, 1.807) is 13.0 Å². The molecule has 128 valence electrons. The van der Waals surface area contributed by atoms with Crippen molar-refractivity contribution in [2.45, 2.75) is 32.3 Å². The summed E-state index contributed by atoms with van der Waals surface area (Å²) in [4.78, 5) is 26.4. The molecule has 5 nitrogen and oxygen atoms in total. The summed E-state index contributed by atoms with van der Waals surface area (Å²) in [7, 11) is 0. The first-order chi connectivity index (χ1) is 12.1. The van der Waals surface area contributed by atoms with Crippen LogP contribution in [-0.4, -0.2) is 24.5 Å². The quantitative estimate of drug-likeness (QED) is 0.937. The first-order valence-electron chi connectivity index (χ1n) is 8.60. The van der Waals surface area contributed by atoms with E-state index in [-0.39, 0.29) is 18.4 Å². The number of nitrogens with one attached hydrogen (secondary N) is 1. The molecule has 0 saturated carbocycles. The number of hydrogen-bond donors (Lipinski definition) is 1. The third-order valence-corrected chi connectivity index (χ3v) is 4.76. The van der Waals surface area contributed by atoms with E-state index in [9.17, 15) is 9.59 Å². The van der Waals surface area contributed by atoms with Gasteiger partial charge >= 0.3 is 0 Å². The first-order valence-corrected chi connectivity index (χ1v) is 8.60. The van der Waals surface area contributed by atoms with E-state index in [0.717, 1.165) is 18.5 Å². The summed E-state index contributed by atoms with van der Waals surface area (Å²) in [5.41, 5.74) is 4.09. The maximum atomic E-state index is 12.5. The van der Waals surface area contributed by atoms with Crippen LogP contribution in [0, 0.1) is 0 Å². The summed E-state index contributed by atoms with van der Waals surface area (Å²) in [6, 6.07) is 13.3. The number of carbonyl (C=O) groups excluding carboxylic acids is 2. The van der Waals surface area contributed by atoms with Crippen LogP contribution < -0.4 is 15.0 Å². The minimum absolute atomic E-state index is 0.0272. The van der Waals surface area contributed by atoms with E-state index >= 15 is 0 Å². The summed E-state index contributed by atoms with van der Waals surface area (Å²) in [6.07, 6.45) is 2.75. The highest BCUT2D eigenvalue weighted by Gasteiger charge is 2.32. The molecule has 0 spiro atoms. The Bertz CT molecular complexity index is 847. The molecule has 0 radical (unpaired) electrons. The highest BCUT2D eigenvalue weighted by Crippen LogP contribution is 2.33. The lowest BCUT2D eigenvalue weighted by molar-refractivity contribution is -0.127. The fraction of sp³-hybridized carbons (Fsp3) is 0.300. The zero-order chi connectivity index (χ0) is 17.4. The van der Waals surface area contributed by atoms with Gasteiger partial charge in [0.15, 0.2) is 6.10 Å². The molecule has 0 bridgehead atoms. The monoisotopic (exact) mass is 336 g/mol. The van der Waals surface area contributed by atoms with Crippen molar-refractivity contribution in [1.82, 2.24) is 0 Å². The minimum Gasteiger partial charge on any atom is -0.479 e. The van der Waals surface area contributed by atoms with Crippen molar-refractivity contribution in [3.63, 3.8) is 0 Å². The molecule has 5 heteroatoms. The summed E-state index contributed by atoms with van der Waals surface area (Å²) in [5, 5.41) is 2.91. The lowest BCUT2D eigenvalue weighted by Crippen LogP contribution is -2.47. The third kappa shape index (κ3) is 2.97. The Morgan fingerprint density at radius 1 is 1.20 bits per heavy atom. The van der Waals surface area contributed by atoms with Gasteiger partial charge in [-0.25, -0.2) is 0 Å². The maximum absolute atomic E-state index is 12.5. The van der Waals surface area contributed by atoms with Gasteiger partial charge in [0.25, 0.3) is 5.91 Å². The van der Waals surface area contributed by atoms with E-state index < -0.39 is 6.10 Å². The smallest absolute Gasteiger partial charge is 0.268 e. The molecule has 1 heterocycles. The van der Waals surface area contributed by atoms with Gasteiger partial charge < -0.3 is 10.1 Å². The number of aryl methyl sites for hydroxylation is 2. The summed E-state index contributed by atoms with van der Waals surface area (Å²) < 4.78 is 5.60. The average Bonchev–Trinajstić information content (AvgIpc) is 3.06. The highest BCUT2D eigenvalue weighted by atomic mass is 16.5. The molecular formula is C20H20N2O3. The molecule has 4 rings (SSSR count). The molecule has 1 aliphatic carbocycles. The molecule has 1 aliphatic heterocycles. The van der Waals surface area contributed by atoms with Crippen molar-refractivity contribution in [2.75, 3.05) is 16.8 Å². The number of fused-ring (bicyclic) bond motifs is 2. The van der Waals surface area contributed by atoms with Gasteiger partial charge in [-0.1, -0.05) is 18.2 Å². The lowest BCUT2D eigenvalue weighted by Gasteiger charge is -2.32. The van der Waals surface area contributed by atoms with Crippen molar-refractivity contribution < 1.29 is 14.3 Å². The molecule has 25 heavy (non-hydrogen) atoms. The molecule has 2 amide bonds. The maximum Gasteiger partial charge on any atom is 0.268 e. The zero-order valence-corrected chi connectivity index (χ0v) is 14.1. The van der Waals surface area contributed by atoms with Gasteiger partial charge in [-0.05, 0) is 61.6 Å². The SMILES string of the molecule is CC1Oc2ccccc2N(CC(=O)Nc2ccc3c(c2)CCC3)C1=O. The van der Waals surface area contributed by atoms with Gasteiger partial charge in [0.2, 0.25) is 5.91 Å². The number of rotatable bonds is 3. The zero-order valence-electron chi connectivity index (χ0n) is 14.1. The van der Waals surface area contributed by atoms with Crippen LogP contribution in [0.1, 0.15) is 24.5 Å². The Balaban J connectivity index is 1.51. The largest absolute Gasteiger partial charge is 0.479 e. The van der Waals surface area contributed by atoms with Gasteiger partial charge in [0.1, 0.15) is 12.3 Å². The lowest BCUT2D eigenvalue weighted by atomic mass is 10.1. The van der Waals surface area contributed by atoms with Crippen molar-refractivity contribution >= 4 is 23.2 Å². The van der Waals surface area contributed by atoms with Gasteiger partial charge in [0, 0.05) is 5.69 Å².